The highest BCUT2D eigenvalue weighted by molar-refractivity contribution is 5.87. The van der Waals surface area contributed by atoms with E-state index in [0.717, 1.165) is 56.6 Å². The van der Waals surface area contributed by atoms with E-state index in [1.165, 1.54) is 22.3 Å². The molecule has 2 aromatic rings. The van der Waals surface area contributed by atoms with Gasteiger partial charge in [-0.15, -0.1) is 0 Å². The van der Waals surface area contributed by atoms with Crippen molar-refractivity contribution >= 4 is 17.9 Å². The molecule has 2 aliphatic heterocycles. The second-order valence-corrected chi connectivity index (χ2v) is 6.89. The van der Waals surface area contributed by atoms with Gasteiger partial charge < -0.3 is 9.47 Å². The molecule has 3 heterocycles. The van der Waals surface area contributed by atoms with Gasteiger partial charge in [-0.2, -0.15) is 0 Å². The summed E-state index contributed by atoms with van der Waals surface area (Å²) in [6, 6.07) is 6.42. The van der Waals surface area contributed by atoms with Crippen LogP contribution in [0.3, 0.4) is 0 Å². The number of benzene rings is 1. The number of aldehydes is 1. The van der Waals surface area contributed by atoms with Gasteiger partial charge in [-0.25, -0.2) is 4.98 Å². The molecule has 0 bridgehead atoms. The number of hydrogen-bond donors (Lipinski definition) is 0. The topological polar surface area (TPSA) is 38.1 Å². The second-order valence-electron chi connectivity index (χ2n) is 6.89. The molecule has 2 aliphatic rings. The fourth-order valence-electron chi connectivity index (χ4n) is 4.04. The van der Waals surface area contributed by atoms with Gasteiger partial charge in [0.05, 0.1) is 6.20 Å². The molecule has 25 heavy (non-hydrogen) atoms. The molecule has 1 fully saturated rings. The number of fused-ring (bicyclic) bond motifs is 2. The van der Waals surface area contributed by atoms with Crippen LogP contribution < -0.4 is 0 Å². The predicted molar refractivity (Wildman–Crippen MR) is 101 cm³/mol. The summed E-state index contributed by atoms with van der Waals surface area (Å²) >= 11 is 0. The highest BCUT2D eigenvalue weighted by Gasteiger charge is 2.27. The molecule has 0 radical (unpaired) electrons. The van der Waals surface area contributed by atoms with Crippen molar-refractivity contribution in [1.29, 1.82) is 0 Å². The molecule has 0 aliphatic carbocycles. The number of nitrogens with zero attached hydrogens (tertiary/aromatic N) is 3. The first-order valence-corrected chi connectivity index (χ1v) is 8.89. The van der Waals surface area contributed by atoms with E-state index in [1.807, 2.05) is 6.08 Å². The van der Waals surface area contributed by atoms with Crippen LogP contribution in [0.15, 0.2) is 36.5 Å². The lowest BCUT2D eigenvalue weighted by molar-refractivity contribution is 0.111. The molecule has 128 valence electrons. The lowest BCUT2D eigenvalue weighted by Crippen LogP contribution is -2.27. The molecule has 1 aromatic heterocycles. The van der Waals surface area contributed by atoms with Crippen LogP contribution in [0.25, 0.3) is 11.6 Å². The van der Waals surface area contributed by atoms with Crippen LogP contribution in [0.5, 0.6) is 0 Å². The fourth-order valence-corrected chi connectivity index (χ4v) is 4.04. The van der Waals surface area contributed by atoms with E-state index >= 15 is 0 Å². The van der Waals surface area contributed by atoms with Crippen molar-refractivity contribution in [2.45, 2.75) is 25.8 Å². The van der Waals surface area contributed by atoms with Crippen molar-refractivity contribution in [3.05, 3.63) is 64.8 Å². The molecule has 4 rings (SSSR count). The second kappa shape index (κ2) is 6.45. The van der Waals surface area contributed by atoms with Crippen LogP contribution in [0.2, 0.25) is 0 Å². The third-order valence-electron chi connectivity index (χ3n) is 5.43. The lowest BCUT2D eigenvalue weighted by Gasteiger charge is -2.27. The molecule has 0 atom stereocenters. The monoisotopic (exact) mass is 333 g/mol. The van der Waals surface area contributed by atoms with Crippen molar-refractivity contribution in [1.82, 2.24) is 14.5 Å². The summed E-state index contributed by atoms with van der Waals surface area (Å²) in [6.45, 7) is 6.93. The molecular weight excluding hydrogens is 310 g/mol. The van der Waals surface area contributed by atoms with E-state index in [9.17, 15) is 4.79 Å². The molecule has 0 unspecified atom stereocenters. The summed E-state index contributed by atoms with van der Waals surface area (Å²) < 4.78 is 2.08. The van der Waals surface area contributed by atoms with Gasteiger partial charge in [0.1, 0.15) is 11.5 Å². The number of hydrogen-bond acceptors (Lipinski definition) is 3. The molecule has 1 saturated heterocycles. The molecule has 0 spiro atoms. The summed E-state index contributed by atoms with van der Waals surface area (Å²) in [5.74, 6) is 0.940. The average molecular weight is 333 g/mol. The van der Waals surface area contributed by atoms with Crippen LogP contribution in [0.1, 0.15) is 45.8 Å². The van der Waals surface area contributed by atoms with Gasteiger partial charge in [0, 0.05) is 25.2 Å². The number of likely N-dealkylation sites (tertiary alicyclic amines) is 1. The number of aromatic nitrogens is 2. The number of aryl methyl sites for hydroxylation is 1. The van der Waals surface area contributed by atoms with E-state index in [0.29, 0.717) is 5.69 Å². The summed E-state index contributed by atoms with van der Waals surface area (Å²) in [5.41, 5.74) is 7.07. The third kappa shape index (κ3) is 2.67. The smallest absolute Gasteiger partial charge is 0.168 e. The molecule has 0 N–H and O–H groups in total. The maximum atomic E-state index is 11.5. The van der Waals surface area contributed by atoms with Crippen molar-refractivity contribution in [2.75, 3.05) is 20.1 Å². The Balaban J connectivity index is 2.00. The third-order valence-corrected chi connectivity index (χ3v) is 5.43. The largest absolute Gasteiger partial charge is 0.321 e. The van der Waals surface area contributed by atoms with Gasteiger partial charge >= 0.3 is 0 Å². The Bertz CT molecular complexity index is 865. The Labute approximate surface area is 148 Å². The molecule has 4 heteroatoms. The van der Waals surface area contributed by atoms with Gasteiger partial charge in [0.25, 0.3) is 0 Å². The predicted octanol–water partition coefficient (Wildman–Crippen LogP) is 3.42. The summed E-state index contributed by atoms with van der Waals surface area (Å²) in [7, 11) is 2.17. The number of piperidine rings is 1. The highest BCUT2D eigenvalue weighted by Crippen LogP contribution is 2.38. The van der Waals surface area contributed by atoms with E-state index in [2.05, 4.69) is 46.3 Å². The molecular formula is C21H23N3O. The van der Waals surface area contributed by atoms with Crippen molar-refractivity contribution < 1.29 is 4.79 Å². The van der Waals surface area contributed by atoms with Gasteiger partial charge in [-0.05, 0) is 43.0 Å². The van der Waals surface area contributed by atoms with Crippen LogP contribution >= 0.6 is 0 Å². The lowest BCUT2D eigenvalue weighted by atomic mass is 9.87. The Morgan fingerprint density at radius 2 is 1.96 bits per heavy atom. The van der Waals surface area contributed by atoms with E-state index in [4.69, 9.17) is 0 Å². The standard InChI is InChI=1S/C21H23N3O/c1-3-15-5-4-6-16-9-12-24-18(14-25)13-22-21(24)20(19(15)16)17-7-10-23(2)11-8-17/h3-6,13-14H,1,7-12H2,2H3. The maximum absolute atomic E-state index is 11.5. The minimum Gasteiger partial charge on any atom is -0.321 e. The zero-order valence-electron chi connectivity index (χ0n) is 14.7. The van der Waals surface area contributed by atoms with Crippen LogP contribution in [-0.4, -0.2) is 40.9 Å². The number of carbonyl (C=O) groups excluding carboxylic acids is 1. The number of carbonyl (C=O) groups is 1. The Kier molecular flexibility index (Phi) is 4.14. The highest BCUT2D eigenvalue weighted by atomic mass is 16.1. The van der Waals surface area contributed by atoms with Gasteiger partial charge in [0.15, 0.2) is 6.29 Å². The summed E-state index contributed by atoms with van der Waals surface area (Å²) in [6.07, 6.45) is 7.54. The van der Waals surface area contributed by atoms with Gasteiger partial charge in [-0.3, -0.25) is 4.79 Å². The number of imidazole rings is 1. The summed E-state index contributed by atoms with van der Waals surface area (Å²) in [4.78, 5) is 18.5. The zero-order chi connectivity index (χ0) is 17.4. The number of rotatable bonds is 2. The molecule has 1 aromatic carbocycles. The van der Waals surface area contributed by atoms with Gasteiger partial charge in [0.2, 0.25) is 0 Å². The molecule has 0 amide bonds. The minimum atomic E-state index is 0.661. The Morgan fingerprint density at radius 3 is 2.68 bits per heavy atom. The van der Waals surface area contributed by atoms with E-state index < -0.39 is 0 Å². The zero-order valence-corrected chi connectivity index (χ0v) is 14.7. The van der Waals surface area contributed by atoms with Crippen molar-refractivity contribution in [3.63, 3.8) is 0 Å². The van der Waals surface area contributed by atoms with Crippen molar-refractivity contribution in [3.8, 4) is 0 Å². The summed E-state index contributed by atoms with van der Waals surface area (Å²) in [5, 5.41) is 0. The van der Waals surface area contributed by atoms with Crippen molar-refractivity contribution in [2.24, 2.45) is 0 Å². The van der Waals surface area contributed by atoms with Crippen LogP contribution in [-0.2, 0) is 13.0 Å². The first kappa shape index (κ1) is 16.0. The maximum Gasteiger partial charge on any atom is 0.168 e. The Morgan fingerprint density at radius 1 is 1.16 bits per heavy atom. The average Bonchev–Trinajstić information content (AvgIpc) is 2.97. The SMILES string of the molecule is C=Cc1cccc2c1C(=C1CCN(C)CC1)c1ncc(C=O)n1CC2. The van der Waals surface area contributed by atoms with Crippen LogP contribution in [0.4, 0.5) is 0 Å². The molecule has 4 nitrogen and oxygen atoms in total. The molecule has 0 saturated carbocycles. The first-order valence-electron chi connectivity index (χ1n) is 8.89. The van der Waals surface area contributed by atoms with Crippen LogP contribution in [0, 0.1) is 0 Å². The minimum absolute atomic E-state index is 0.661. The van der Waals surface area contributed by atoms with E-state index in [-0.39, 0.29) is 0 Å². The van der Waals surface area contributed by atoms with E-state index in [1.54, 1.807) is 6.20 Å². The fraction of sp³-hybridized carbons (Fsp3) is 0.333. The first-order chi connectivity index (χ1) is 12.2. The normalized spacial score (nSPS) is 17.6. The quantitative estimate of drug-likeness (QED) is 0.791. The Hall–Kier alpha value is -2.46. The van der Waals surface area contributed by atoms with Gasteiger partial charge in [-0.1, -0.05) is 36.4 Å².